The topological polar surface area (TPSA) is 62.7 Å². The normalized spacial score (nSPS) is 13.7. The van der Waals surface area contributed by atoms with Gasteiger partial charge in [0.15, 0.2) is 0 Å². The summed E-state index contributed by atoms with van der Waals surface area (Å²) in [6, 6.07) is 18.3. The number of rotatable bonds is 4. The fourth-order valence-corrected chi connectivity index (χ4v) is 3.68. The third kappa shape index (κ3) is 4.94. The van der Waals surface area contributed by atoms with Crippen LogP contribution in [-0.4, -0.2) is 52.8 Å². The van der Waals surface area contributed by atoms with E-state index in [1.807, 2.05) is 55.5 Å². The number of nitrogens with zero attached hydrogens (tertiary/aromatic N) is 3. The van der Waals surface area contributed by atoms with Crippen LogP contribution in [0.3, 0.4) is 0 Å². The monoisotopic (exact) mass is 479 g/mol. The maximum absolute atomic E-state index is 13.1. The van der Waals surface area contributed by atoms with Gasteiger partial charge < -0.3 is 14.5 Å². The molecule has 1 aromatic heterocycles. The number of benzene rings is 2. The van der Waals surface area contributed by atoms with Crippen molar-refractivity contribution in [2.24, 2.45) is 0 Å². The van der Waals surface area contributed by atoms with Gasteiger partial charge in [-0.05, 0) is 55.5 Å². The van der Waals surface area contributed by atoms with Gasteiger partial charge in [0.25, 0.3) is 11.8 Å². The molecule has 2 aromatic carbocycles. The average Bonchev–Trinajstić information content (AvgIpc) is 2.81. The van der Waals surface area contributed by atoms with Crippen molar-refractivity contribution in [3.8, 4) is 11.6 Å². The van der Waals surface area contributed by atoms with Crippen molar-refractivity contribution in [1.29, 1.82) is 0 Å². The summed E-state index contributed by atoms with van der Waals surface area (Å²) >= 11 is 3.39. The zero-order valence-electron chi connectivity index (χ0n) is 17.1. The summed E-state index contributed by atoms with van der Waals surface area (Å²) in [5.41, 5.74) is 2.19. The summed E-state index contributed by atoms with van der Waals surface area (Å²) in [5.74, 6) is 0.716. The molecule has 0 unspecified atom stereocenters. The van der Waals surface area contributed by atoms with E-state index in [0.717, 1.165) is 10.0 Å². The van der Waals surface area contributed by atoms with Gasteiger partial charge in [-0.3, -0.25) is 9.59 Å². The molecule has 31 heavy (non-hydrogen) atoms. The molecule has 1 saturated heterocycles. The summed E-state index contributed by atoms with van der Waals surface area (Å²) in [5, 5.41) is 0. The zero-order valence-corrected chi connectivity index (χ0v) is 18.7. The molecule has 0 spiro atoms. The van der Waals surface area contributed by atoms with E-state index < -0.39 is 0 Å². The number of aromatic nitrogens is 1. The Bertz CT molecular complexity index is 1080. The highest BCUT2D eigenvalue weighted by atomic mass is 79.9. The first-order valence-electron chi connectivity index (χ1n) is 10.0. The van der Waals surface area contributed by atoms with Crippen molar-refractivity contribution in [3.63, 3.8) is 0 Å². The largest absolute Gasteiger partial charge is 0.438 e. The Hall–Kier alpha value is -3.19. The molecule has 4 rings (SSSR count). The number of amides is 2. The minimum absolute atomic E-state index is 0.00672. The molecule has 0 N–H and O–H groups in total. The van der Waals surface area contributed by atoms with E-state index in [4.69, 9.17) is 4.74 Å². The van der Waals surface area contributed by atoms with Crippen LogP contribution in [0.1, 0.15) is 26.3 Å². The highest BCUT2D eigenvalue weighted by Crippen LogP contribution is 2.26. The minimum Gasteiger partial charge on any atom is -0.438 e. The molecule has 1 fully saturated rings. The van der Waals surface area contributed by atoms with Crippen LogP contribution in [0.4, 0.5) is 0 Å². The molecule has 0 saturated carbocycles. The standard InChI is InChI=1S/C24H22BrN3O3/c1-17-4-6-18(7-5-17)23(29)27-13-15-28(16-14-27)24(30)21-3-2-12-26-22(21)31-20-10-8-19(25)9-11-20/h2-12H,13-16H2,1H3. The Labute approximate surface area is 189 Å². The summed E-state index contributed by atoms with van der Waals surface area (Å²) in [7, 11) is 0. The fraction of sp³-hybridized carbons (Fsp3) is 0.208. The van der Waals surface area contributed by atoms with Crippen LogP contribution >= 0.6 is 15.9 Å². The van der Waals surface area contributed by atoms with Crippen LogP contribution in [0.15, 0.2) is 71.3 Å². The molecule has 7 heteroatoms. The Morgan fingerprint density at radius 3 is 2.13 bits per heavy atom. The predicted octanol–water partition coefficient (Wildman–Crippen LogP) is 4.54. The molecule has 1 aliphatic heterocycles. The van der Waals surface area contributed by atoms with Crippen molar-refractivity contribution in [2.45, 2.75) is 6.92 Å². The third-order valence-electron chi connectivity index (χ3n) is 5.18. The quantitative estimate of drug-likeness (QED) is 0.550. The number of piperazine rings is 1. The Morgan fingerprint density at radius 1 is 0.871 bits per heavy atom. The summed E-state index contributed by atoms with van der Waals surface area (Å²) in [6.45, 7) is 3.89. The van der Waals surface area contributed by atoms with Crippen molar-refractivity contribution < 1.29 is 14.3 Å². The highest BCUT2D eigenvalue weighted by Gasteiger charge is 2.27. The summed E-state index contributed by atoms with van der Waals surface area (Å²) < 4.78 is 6.80. The lowest BCUT2D eigenvalue weighted by Gasteiger charge is -2.35. The van der Waals surface area contributed by atoms with Crippen LogP contribution in [0, 0.1) is 6.92 Å². The molecule has 0 radical (unpaired) electrons. The molecule has 1 aliphatic rings. The number of aryl methyl sites for hydroxylation is 1. The van der Waals surface area contributed by atoms with Crippen LogP contribution in [0.25, 0.3) is 0 Å². The van der Waals surface area contributed by atoms with Gasteiger partial charge in [-0.25, -0.2) is 4.98 Å². The van der Waals surface area contributed by atoms with Crippen molar-refractivity contribution in [1.82, 2.24) is 14.8 Å². The van der Waals surface area contributed by atoms with Crippen molar-refractivity contribution in [3.05, 3.63) is 88.0 Å². The van der Waals surface area contributed by atoms with Gasteiger partial charge in [-0.2, -0.15) is 0 Å². The molecule has 0 atom stereocenters. The number of carbonyl (C=O) groups excluding carboxylic acids is 2. The molecule has 2 heterocycles. The molecule has 2 amide bonds. The van der Waals surface area contributed by atoms with Crippen LogP contribution in [0.5, 0.6) is 11.6 Å². The van der Waals surface area contributed by atoms with E-state index in [0.29, 0.717) is 43.1 Å². The third-order valence-corrected chi connectivity index (χ3v) is 5.71. The van der Waals surface area contributed by atoms with Gasteiger partial charge in [0, 0.05) is 42.4 Å². The van der Waals surface area contributed by atoms with E-state index in [-0.39, 0.29) is 17.7 Å². The van der Waals surface area contributed by atoms with Crippen molar-refractivity contribution >= 4 is 27.7 Å². The SMILES string of the molecule is Cc1ccc(C(=O)N2CCN(C(=O)c3cccnc3Oc3ccc(Br)cc3)CC2)cc1. The maximum Gasteiger partial charge on any atom is 0.259 e. The van der Waals surface area contributed by atoms with Gasteiger partial charge in [0.1, 0.15) is 11.3 Å². The Balaban J connectivity index is 1.42. The second-order valence-corrected chi connectivity index (χ2v) is 8.28. The first-order valence-corrected chi connectivity index (χ1v) is 10.8. The second kappa shape index (κ2) is 9.31. The molecule has 3 aromatic rings. The van der Waals surface area contributed by atoms with Crippen LogP contribution < -0.4 is 4.74 Å². The van der Waals surface area contributed by atoms with Gasteiger partial charge in [-0.1, -0.05) is 33.6 Å². The number of hydrogen-bond acceptors (Lipinski definition) is 4. The van der Waals surface area contributed by atoms with E-state index in [1.54, 1.807) is 28.1 Å². The summed E-state index contributed by atoms with van der Waals surface area (Å²) in [6.07, 6.45) is 1.60. The lowest BCUT2D eigenvalue weighted by atomic mass is 10.1. The predicted molar refractivity (Wildman–Crippen MR) is 121 cm³/mol. The number of hydrogen-bond donors (Lipinski definition) is 0. The zero-order chi connectivity index (χ0) is 21.8. The van der Waals surface area contributed by atoms with Crippen molar-refractivity contribution in [2.75, 3.05) is 26.2 Å². The van der Waals surface area contributed by atoms with Gasteiger partial charge in [0.05, 0.1) is 0 Å². The first-order chi connectivity index (χ1) is 15.0. The first kappa shape index (κ1) is 21.1. The minimum atomic E-state index is -0.150. The number of ether oxygens (including phenoxy) is 1. The van der Waals surface area contributed by atoms with Gasteiger partial charge in [-0.15, -0.1) is 0 Å². The van der Waals surface area contributed by atoms with E-state index in [2.05, 4.69) is 20.9 Å². The van der Waals surface area contributed by atoms with Crippen LogP contribution in [-0.2, 0) is 0 Å². The van der Waals surface area contributed by atoms with E-state index in [9.17, 15) is 9.59 Å². The molecular formula is C24H22BrN3O3. The highest BCUT2D eigenvalue weighted by molar-refractivity contribution is 9.10. The second-order valence-electron chi connectivity index (χ2n) is 7.36. The van der Waals surface area contributed by atoms with E-state index >= 15 is 0 Å². The van der Waals surface area contributed by atoms with Gasteiger partial charge >= 0.3 is 0 Å². The average molecular weight is 480 g/mol. The fourth-order valence-electron chi connectivity index (χ4n) is 3.41. The molecule has 0 aliphatic carbocycles. The molecule has 6 nitrogen and oxygen atoms in total. The number of carbonyl (C=O) groups is 2. The lowest BCUT2D eigenvalue weighted by Crippen LogP contribution is -2.50. The van der Waals surface area contributed by atoms with Crippen LogP contribution in [0.2, 0.25) is 0 Å². The Morgan fingerprint density at radius 2 is 1.48 bits per heavy atom. The Kier molecular flexibility index (Phi) is 6.32. The molecular weight excluding hydrogens is 458 g/mol. The molecule has 158 valence electrons. The number of pyridine rings is 1. The van der Waals surface area contributed by atoms with E-state index in [1.165, 1.54) is 0 Å². The lowest BCUT2D eigenvalue weighted by molar-refractivity contribution is 0.0533. The van der Waals surface area contributed by atoms with Gasteiger partial charge in [0.2, 0.25) is 5.88 Å². The number of halogens is 1. The molecule has 0 bridgehead atoms. The maximum atomic E-state index is 13.1. The summed E-state index contributed by atoms with van der Waals surface area (Å²) in [4.78, 5) is 33.7. The smallest absolute Gasteiger partial charge is 0.259 e.